The minimum absolute atomic E-state index is 0.217. The van der Waals surface area contributed by atoms with E-state index in [1.807, 2.05) is 30.5 Å². The van der Waals surface area contributed by atoms with Crippen LogP contribution in [-0.2, 0) is 0 Å². The molecule has 0 saturated heterocycles. The fourth-order valence-corrected chi connectivity index (χ4v) is 1.63. The summed E-state index contributed by atoms with van der Waals surface area (Å²) >= 11 is 0. The molecule has 4 heteroatoms. The number of nitrogens with one attached hydrogen (secondary N) is 2. The van der Waals surface area contributed by atoms with Crippen molar-refractivity contribution in [3.05, 3.63) is 36.0 Å². The minimum Gasteiger partial charge on any atom is -0.361 e. The minimum atomic E-state index is -0.217. The number of hydrogen-bond donors (Lipinski definition) is 4. The molecule has 74 valence electrons. The van der Waals surface area contributed by atoms with Crippen molar-refractivity contribution < 1.29 is 5.21 Å². The first-order chi connectivity index (χ1) is 6.86. The van der Waals surface area contributed by atoms with Gasteiger partial charge >= 0.3 is 0 Å². The van der Waals surface area contributed by atoms with E-state index in [-0.39, 0.29) is 6.04 Å². The predicted octanol–water partition coefficient (Wildman–Crippen LogP) is 1.15. The fraction of sp³-hybridized carbons (Fsp3) is 0.200. The van der Waals surface area contributed by atoms with Crippen LogP contribution in [0.25, 0.3) is 10.9 Å². The number of aromatic amines is 1. The second kappa shape index (κ2) is 3.79. The molecule has 0 fully saturated rings. The first-order valence-corrected chi connectivity index (χ1v) is 4.52. The molecule has 0 radical (unpaired) electrons. The molecule has 2 rings (SSSR count). The third-order valence-electron chi connectivity index (χ3n) is 2.39. The fourth-order valence-electron chi connectivity index (χ4n) is 1.63. The van der Waals surface area contributed by atoms with Crippen LogP contribution in [0.15, 0.2) is 30.5 Å². The number of rotatable bonds is 3. The summed E-state index contributed by atoms with van der Waals surface area (Å²) in [4.78, 5) is 3.13. The van der Waals surface area contributed by atoms with Gasteiger partial charge in [-0.05, 0) is 11.6 Å². The average Bonchev–Trinajstić information content (AvgIpc) is 2.65. The molecule has 0 spiro atoms. The monoisotopic (exact) mass is 191 g/mol. The third kappa shape index (κ3) is 1.39. The topological polar surface area (TPSA) is 74.1 Å². The van der Waals surface area contributed by atoms with E-state index in [1.165, 1.54) is 0 Å². The van der Waals surface area contributed by atoms with Gasteiger partial charge in [0.25, 0.3) is 0 Å². The molecule has 1 atom stereocenters. The van der Waals surface area contributed by atoms with Crippen LogP contribution in [0.2, 0.25) is 0 Å². The third-order valence-corrected chi connectivity index (χ3v) is 2.39. The summed E-state index contributed by atoms with van der Waals surface area (Å²) in [5.41, 5.74) is 9.77. The lowest BCUT2D eigenvalue weighted by Gasteiger charge is -2.10. The number of H-pyrrole nitrogens is 1. The van der Waals surface area contributed by atoms with Gasteiger partial charge in [0.1, 0.15) is 0 Å². The number of fused-ring (bicyclic) bond motifs is 1. The standard InChI is InChI=1S/C10H13N3O/c11-5-10(13-14)8-6-12-9-4-2-1-3-7(8)9/h1-4,6,10,12-14H,5,11H2. The number of hydroxylamine groups is 1. The Morgan fingerprint density at radius 3 is 2.93 bits per heavy atom. The van der Waals surface area contributed by atoms with Gasteiger partial charge in [-0.2, -0.15) is 5.48 Å². The molecule has 0 aliphatic rings. The molecule has 4 nitrogen and oxygen atoms in total. The molecule has 5 N–H and O–H groups in total. The lowest BCUT2D eigenvalue weighted by Crippen LogP contribution is -2.24. The van der Waals surface area contributed by atoms with E-state index in [4.69, 9.17) is 10.9 Å². The zero-order valence-corrected chi connectivity index (χ0v) is 7.70. The normalized spacial score (nSPS) is 13.3. The molecule has 0 aliphatic carbocycles. The van der Waals surface area contributed by atoms with E-state index in [2.05, 4.69) is 10.5 Å². The molecule has 0 bridgehead atoms. The Labute approximate surface area is 81.7 Å². The van der Waals surface area contributed by atoms with Crippen molar-refractivity contribution in [1.29, 1.82) is 0 Å². The van der Waals surface area contributed by atoms with Gasteiger partial charge in [-0.1, -0.05) is 18.2 Å². The molecule has 0 amide bonds. The maximum absolute atomic E-state index is 8.91. The van der Waals surface area contributed by atoms with Crippen LogP contribution in [-0.4, -0.2) is 16.7 Å². The maximum Gasteiger partial charge on any atom is 0.0712 e. The summed E-state index contributed by atoms with van der Waals surface area (Å²) in [6, 6.07) is 7.70. The number of nitrogens with two attached hydrogens (primary N) is 1. The second-order valence-electron chi connectivity index (χ2n) is 3.21. The Hall–Kier alpha value is -1.36. The first-order valence-electron chi connectivity index (χ1n) is 4.52. The molecule has 2 aromatic rings. The summed E-state index contributed by atoms with van der Waals surface area (Å²) in [6.07, 6.45) is 1.87. The Morgan fingerprint density at radius 1 is 1.43 bits per heavy atom. The van der Waals surface area contributed by atoms with Crippen LogP contribution in [0.1, 0.15) is 11.6 Å². The van der Waals surface area contributed by atoms with Gasteiger partial charge in [0.2, 0.25) is 0 Å². The maximum atomic E-state index is 8.91. The van der Waals surface area contributed by atoms with E-state index in [0.29, 0.717) is 6.54 Å². The van der Waals surface area contributed by atoms with Gasteiger partial charge in [0.15, 0.2) is 0 Å². The number of para-hydroxylation sites is 1. The van der Waals surface area contributed by atoms with Crippen molar-refractivity contribution in [3.8, 4) is 0 Å². The zero-order valence-electron chi connectivity index (χ0n) is 7.70. The van der Waals surface area contributed by atoms with Crippen LogP contribution >= 0.6 is 0 Å². The van der Waals surface area contributed by atoms with Crippen molar-refractivity contribution in [2.24, 2.45) is 5.73 Å². The van der Waals surface area contributed by atoms with Gasteiger partial charge in [-0.15, -0.1) is 0 Å². The highest BCUT2D eigenvalue weighted by atomic mass is 16.5. The van der Waals surface area contributed by atoms with Crippen LogP contribution in [0, 0.1) is 0 Å². The van der Waals surface area contributed by atoms with Crippen molar-refractivity contribution in [3.63, 3.8) is 0 Å². The van der Waals surface area contributed by atoms with Crippen LogP contribution in [0.4, 0.5) is 0 Å². The smallest absolute Gasteiger partial charge is 0.0712 e. The van der Waals surface area contributed by atoms with Gasteiger partial charge < -0.3 is 15.9 Å². The lowest BCUT2D eigenvalue weighted by atomic mass is 10.1. The molecular weight excluding hydrogens is 178 g/mol. The van der Waals surface area contributed by atoms with E-state index in [9.17, 15) is 0 Å². The summed E-state index contributed by atoms with van der Waals surface area (Å²) < 4.78 is 0. The van der Waals surface area contributed by atoms with Gasteiger partial charge in [-0.25, -0.2) is 0 Å². The zero-order chi connectivity index (χ0) is 9.97. The number of aromatic nitrogens is 1. The Balaban J connectivity index is 2.51. The highest BCUT2D eigenvalue weighted by molar-refractivity contribution is 5.83. The van der Waals surface area contributed by atoms with E-state index >= 15 is 0 Å². The molecule has 1 aromatic heterocycles. The van der Waals surface area contributed by atoms with E-state index in [0.717, 1.165) is 16.5 Å². The molecular formula is C10H13N3O. The number of hydrogen-bond acceptors (Lipinski definition) is 3. The summed E-state index contributed by atoms with van der Waals surface area (Å²) in [6.45, 7) is 0.359. The quantitative estimate of drug-likeness (QED) is 0.550. The largest absolute Gasteiger partial charge is 0.361 e. The predicted molar refractivity (Wildman–Crippen MR) is 55.0 cm³/mol. The first kappa shape index (κ1) is 9.21. The SMILES string of the molecule is NCC(NO)c1c[nH]c2ccccc12. The second-order valence-corrected chi connectivity index (χ2v) is 3.21. The molecule has 0 saturated carbocycles. The van der Waals surface area contributed by atoms with Crippen LogP contribution in [0.5, 0.6) is 0 Å². The Bertz CT molecular complexity index is 420. The van der Waals surface area contributed by atoms with Gasteiger partial charge in [-0.3, -0.25) is 0 Å². The van der Waals surface area contributed by atoms with Crippen LogP contribution in [0.3, 0.4) is 0 Å². The van der Waals surface area contributed by atoms with Crippen molar-refractivity contribution in [2.75, 3.05) is 6.54 Å². The lowest BCUT2D eigenvalue weighted by molar-refractivity contribution is 0.129. The Morgan fingerprint density at radius 2 is 2.21 bits per heavy atom. The highest BCUT2D eigenvalue weighted by Crippen LogP contribution is 2.22. The molecule has 1 heterocycles. The molecule has 14 heavy (non-hydrogen) atoms. The summed E-state index contributed by atoms with van der Waals surface area (Å²) in [7, 11) is 0. The van der Waals surface area contributed by atoms with Crippen LogP contribution < -0.4 is 11.2 Å². The molecule has 1 unspecified atom stereocenters. The van der Waals surface area contributed by atoms with E-state index < -0.39 is 0 Å². The molecule has 1 aromatic carbocycles. The van der Waals surface area contributed by atoms with E-state index in [1.54, 1.807) is 0 Å². The van der Waals surface area contributed by atoms with Crippen molar-refractivity contribution in [1.82, 2.24) is 10.5 Å². The van der Waals surface area contributed by atoms with Gasteiger partial charge in [0.05, 0.1) is 6.04 Å². The summed E-state index contributed by atoms with van der Waals surface area (Å²) in [5, 5.41) is 10.0. The van der Waals surface area contributed by atoms with Gasteiger partial charge in [0, 0.05) is 23.6 Å². The average molecular weight is 191 g/mol. The molecule has 0 aliphatic heterocycles. The Kier molecular flexibility index (Phi) is 2.49. The summed E-state index contributed by atoms with van der Waals surface area (Å²) in [5.74, 6) is 0. The highest BCUT2D eigenvalue weighted by Gasteiger charge is 2.12. The van der Waals surface area contributed by atoms with Crippen molar-refractivity contribution >= 4 is 10.9 Å². The number of benzene rings is 1. The van der Waals surface area contributed by atoms with Crippen molar-refractivity contribution in [2.45, 2.75) is 6.04 Å².